The van der Waals surface area contributed by atoms with Crippen molar-refractivity contribution in [1.82, 2.24) is 15.1 Å². The zero-order chi connectivity index (χ0) is 19.2. The molecular formula is C19H30N4O3. The van der Waals surface area contributed by atoms with Gasteiger partial charge in [0.1, 0.15) is 17.2 Å². The number of hydrogen-bond donors (Lipinski definition) is 1. The van der Waals surface area contributed by atoms with Crippen molar-refractivity contribution in [3.63, 3.8) is 0 Å². The number of piperazine rings is 1. The van der Waals surface area contributed by atoms with E-state index in [0.29, 0.717) is 26.2 Å². The maximum Gasteiger partial charge on any atom is 0.410 e. The quantitative estimate of drug-likeness (QED) is 0.615. The van der Waals surface area contributed by atoms with E-state index in [-0.39, 0.29) is 23.6 Å². The van der Waals surface area contributed by atoms with Crippen molar-refractivity contribution in [2.45, 2.75) is 64.5 Å². The average Bonchev–Trinajstić information content (AvgIpc) is 2.59. The molecule has 2 aliphatic rings. The molecule has 0 aromatic carbocycles. The fourth-order valence-electron chi connectivity index (χ4n) is 3.19. The van der Waals surface area contributed by atoms with Gasteiger partial charge in [0, 0.05) is 38.4 Å². The second-order valence-electron chi connectivity index (χ2n) is 7.97. The molecule has 2 amide bonds. The van der Waals surface area contributed by atoms with Gasteiger partial charge in [-0.3, -0.25) is 4.79 Å². The maximum absolute atomic E-state index is 12.3. The van der Waals surface area contributed by atoms with E-state index >= 15 is 0 Å². The van der Waals surface area contributed by atoms with Crippen molar-refractivity contribution in [3.05, 3.63) is 11.8 Å². The Morgan fingerprint density at radius 2 is 1.73 bits per heavy atom. The van der Waals surface area contributed by atoms with E-state index in [2.05, 4.69) is 5.32 Å². The number of carbonyl (C=O) groups excluding carboxylic acids is 2. The molecule has 2 fully saturated rings. The van der Waals surface area contributed by atoms with Gasteiger partial charge in [0.05, 0.1) is 0 Å². The molecule has 0 aromatic heterocycles. The monoisotopic (exact) mass is 362 g/mol. The van der Waals surface area contributed by atoms with Gasteiger partial charge in [0.2, 0.25) is 0 Å². The van der Waals surface area contributed by atoms with E-state index in [0.717, 1.165) is 25.7 Å². The van der Waals surface area contributed by atoms with Crippen molar-refractivity contribution in [2.24, 2.45) is 0 Å². The third-order valence-electron chi connectivity index (χ3n) is 4.58. The molecule has 7 nitrogen and oxygen atoms in total. The third-order valence-corrected chi connectivity index (χ3v) is 4.58. The van der Waals surface area contributed by atoms with E-state index in [1.54, 1.807) is 11.1 Å². The fourth-order valence-corrected chi connectivity index (χ4v) is 3.19. The highest BCUT2D eigenvalue weighted by Gasteiger charge is 2.26. The van der Waals surface area contributed by atoms with Crippen molar-refractivity contribution >= 4 is 12.0 Å². The summed E-state index contributed by atoms with van der Waals surface area (Å²) in [4.78, 5) is 28.0. The first-order valence-corrected chi connectivity index (χ1v) is 9.43. The van der Waals surface area contributed by atoms with Crippen LogP contribution in [0.15, 0.2) is 11.8 Å². The van der Waals surface area contributed by atoms with Crippen LogP contribution < -0.4 is 5.32 Å². The molecular weight excluding hydrogens is 332 g/mol. The molecule has 0 spiro atoms. The topological polar surface area (TPSA) is 85.7 Å². The van der Waals surface area contributed by atoms with Crippen molar-refractivity contribution in [2.75, 3.05) is 26.2 Å². The third kappa shape index (κ3) is 6.25. The molecule has 1 N–H and O–H groups in total. The van der Waals surface area contributed by atoms with Crippen LogP contribution in [0.25, 0.3) is 0 Å². The first-order valence-electron chi connectivity index (χ1n) is 9.43. The summed E-state index contributed by atoms with van der Waals surface area (Å²) in [6, 6.07) is 2.18. The van der Waals surface area contributed by atoms with Gasteiger partial charge < -0.3 is 19.9 Å². The molecule has 0 atom stereocenters. The molecule has 26 heavy (non-hydrogen) atoms. The van der Waals surface area contributed by atoms with E-state index in [9.17, 15) is 14.9 Å². The molecule has 2 rings (SSSR count). The molecule has 1 aliphatic heterocycles. The molecule has 1 saturated carbocycles. The summed E-state index contributed by atoms with van der Waals surface area (Å²) in [7, 11) is 0. The van der Waals surface area contributed by atoms with Gasteiger partial charge >= 0.3 is 6.09 Å². The lowest BCUT2D eigenvalue weighted by molar-refractivity contribution is -0.118. The lowest BCUT2D eigenvalue weighted by Crippen LogP contribution is -2.48. The van der Waals surface area contributed by atoms with Gasteiger partial charge in [-0.25, -0.2) is 4.79 Å². The minimum absolute atomic E-state index is 0.126. The van der Waals surface area contributed by atoms with Crippen LogP contribution in [0.5, 0.6) is 0 Å². The zero-order valence-corrected chi connectivity index (χ0v) is 16.1. The number of rotatable bonds is 3. The molecule has 1 aliphatic carbocycles. The zero-order valence-electron chi connectivity index (χ0n) is 16.1. The average molecular weight is 362 g/mol. The Hall–Kier alpha value is -2.23. The smallest absolute Gasteiger partial charge is 0.410 e. The SMILES string of the molecule is CC(C)(C)OC(=O)N1CCN(/C=C(/C#N)C(=O)NC2CCCCC2)CC1. The minimum atomic E-state index is -0.515. The van der Waals surface area contributed by atoms with Crippen LogP contribution in [0.1, 0.15) is 52.9 Å². The van der Waals surface area contributed by atoms with Gasteiger partial charge in [-0.15, -0.1) is 0 Å². The van der Waals surface area contributed by atoms with Gasteiger partial charge in [-0.2, -0.15) is 5.26 Å². The summed E-state index contributed by atoms with van der Waals surface area (Å²) in [5.74, 6) is -0.297. The highest BCUT2D eigenvalue weighted by Crippen LogP contribution is 2.18. The van der Waals surface area contributed by atoms with Crippen LogP contribution in [-0.4, -0.2) is 59.6 Å². The van der Waals surface area contributed by atoms with Gasteiger partial charge in [0.25, 0.3) is 5.91 Å². The van der Waals surface area contributed by atoms with Crippen LogP contribution in [0.2, 0.25) is 0 Å². The molecule has 144 valence electrons. The summed E-state index contributed by atoms with van der Waals surface area (Å²) < 4.78 is 5.37. The highest BCUT2D eigenvalue weighted by atomic mass is 16.6. The number of hydrogen-bond acceptors (Lipinski definition) is 5. The largest absolute Gasteiger partial charge is 0.444 e. The van der Waals surface area contributed by atoms with Gasteiger partial charge in [-0.1, -0.05) is 19.3 Å². The van der Waals surface area contributed by atoms with Crippen LogP contribution in [-0.2, 0) is 9.53 Å². The molecule has 0 aromatic rings. The Bertz CT molecular complexity index is 575. The van der Waals surface area contributed by atoms with E-state index in [1.807, 2.05) is 31.7 Å². The van der Waals surface area contributed by atoms with Crippen LogP contribution in [0, 0.1) is 11.3 Å². The molecule has 0 unspecified atom stereocenters. The molecule has 7 heteroatoms. The summed E-state index contributed by atoms with van der Waals surface area (Å²) in [5.41, 5.74) is -0.388. The van der Waals surface area contributed by atoms with E-state index < -0.39 is 5.60 Å². The Kier molecular flexibility index (Phi) is 6.90. The Morgan fingerprint density at radius 1 is 1.12 bits per heavy atom. The van der Waals surface area contributed by atoms with Crippen molar-refractivity contribution in [1.29, 1.82) is 5.26 Å². The first kappa shape index (κ1) is 20.1. The predicted molar refractivity (Wildman–Crippen MR) is 98.1 cm³/mol. The molecule has 1 heterocycles. The summed E-state index contributed by atoms with van der Waals surface area (Å²) in [5, 5.41) is 12.3. The number of carbonyl (C=O) groups is 2. The molecule has 0 bridgehead atoms. The lowest BCUT2D eigenvalue weighted by Gasteiger charge is -2.35. The Labute approximate surface area is 156 Å². The van der Waals surface area contributed by atoms with Gasteiger partial charge in [-0.05, 0) is 33.6 Å². The van der Waals surface area contributed by atoms with Crippen LogP contribution >= 0.6 is 0 Å². The predicted octanol–water partition coefficient (Wildman–Crippen LogP) is 2.40. The van der Waals surface area contributed by atoms with E-state index in [4.69, 9.17) is 4.74 Å². The fraction of sp³-hybridized carbons (Fsp3) is 0.737. The second-order valence-corrected chi connectivity index (χ2v) is 7.97. The van der Waals surface area contributed by atoms with Crippen LogP contribution in [0.4, 0.5) is 4.79 Å². The number of ether oxygens (including phenoxy) is 1. The lowest BCUT2D eigenvalue weighted by atomic mass is 9.95. The summed E-state index contributed by atoms with van der Waals surface area (Å²) in [6.07, 6.45) is 6.74. The minimum Gasteiger partial charge on any atom is -0.444 e. The molecule has 0 radical (unpaired) electrons. The molecule has 1 saturated heterocycles. The summed E-state index contributed by atoms with van der Waals surface area (Å²) >= 11 is 0. The number of nitriles is 1. The van der Waals surface area contributed by atoms with Gasteiger partial charge in [0.15, 0.2) is 0 Å². The number of amides is 2. The second kappa shape index (κ2) is 8.93. The standard InChI is InChI=1S/C19H30N4O3/c1-19(2,3)26-18(25)23-11-9-22(10-12-23)14-15(13-20)17(24)21-16-7-5-4-6-8-16/h14,16H,4-12H2,1-3H3,(H,21,24)/b15-14-. The van der Waals surface area contributed by atoms with E-state index in [1.165, 1.54) is 6.42 Å². The maximum atomic E-state index is 12.3. The number of nitrogens with one attached hydrogen (secondary N) is 1. The van der Waals surface area contributed by atoms with Crippen LogP contribution in [0.3, 0.4) is 0 Å². The van der Waals surface area contributed by atoms with Crippen molar-refractivity contribution < 1.29 is 14.3 Å². The highest BCUT2D eigenvalue weighted by molar-refractivity contribution is 5.97. The summed E-state index contributed by atoms with van der Waals surface area (Å²) in [6.45, 7) is 7.68. The first-order chi connectivity index (χ1) is 12.3. The normalized spacial score (nSPS) is 19.7. The van der Waals surface area contributed by atoms with Crippen molar-refractivity contribution in [3.8, 4) is 6.07 Å². The number of nitrogens with zero attached hydrogens (tertiary/aromatic N) is 3. The Balaban J connectivity index is 1.85. The Morgan fingerprint density at radius 3 is 2.27 bits per heavy atom.